The summed E-state index contributed by atoms with van der Waals surface area (Å²) in [6.07, 6.45) is 1.66. The Morgan fingerprint density at radius 2 is 2.00 bits per heavy atom. The van der Waals surface area contributed by atoms with E-state index in [2.05, 4.69) is 37.2 Å². The zero-order chi connectivity index (χ0) is 13.1. The Bertz CT molecular complexity index is 540. The third-order valence-corrected chi connectivity index (χ3v) is 3.89. The van der Waals surface area contributed by atoms with Crippen LogP contribution in [0.3, 0.4) is 0 Å². The van der Waals surface area contributed by atoms with Crippen molar-refractivity contribution < 1.29 is 9.15 Å². The summed E-state index contributed by atoms with van der Waals surface area (Å²) >= 11 is 6.90. The molecule has 0 fully saturated rings. The van der Waals surface area contributed by atoms with Gasteiger partial charge in [0.05, 0.1) is 19.4 Å². The van der Waals surface area contributed by atoms with Crippen molar-refractivity contribution in [2.24, 2.45) is 0 Å². The highest BCUT2D eigenvalue weighted by Crippen LogP contribution is 2.35. The summed E-state index contributed by atoms with van der Waals surface area (Å²) in [6, 6.07) is 7.88. The molecule has 1 aromatic carbocycles. The first-order valence-electron chi connectivity index (χ1n) is 5.41. The van der Waals surface area contributed by atoms with E-state index in [1.54, 1.807) is 13.4 Å². The van der Waals surface area contributed by atoms with Gasteiger partial charge in [-0.2, -0.15) is 0 Å². The molecule has 0 radical (unpaired) electrons. The van der Waals surface area contributed by atoms with Crippen molar-refractivity contribution in [2.45, 2.75) is 6.04 Å². The SMILES string of the molecule is CNC(c1cc(Br)ccc1OC)c1ccoc1Br. The number of halogens is 2. The van der Waals surface area contributed by atoms with Crippen LogP contribution in [0, 0.1) is 0 Å². The van der Waals surface area contributed by atoms with E-state index in [9.17, 15) is 0 Å². The van der Waals surface area contributed by atoms with Gasteiger partial charge < -0.3 is 14.5 Å². The maximum Gasteiger partial charge on any atom is 0.174 e. The molecule has 0 aliphatic carbocycles. The van der Waals surface area contributed by atoms with Crippen molar-refractivity contribution >= 4 is 31.9 Å². The van der Waals surface area contributed by atoms with E-state index in [0.29, 0.717) is 0 Å². The number of nitrogens with one attached hydrogen (secondary N) is 1. The molecule has 0 aliphatic rings. The lowest BCUT2D eigenvalue weighted by atomic mass is 10.0. The first kappa shape index (κ1) is 13.6. The Labute approximate surface area is 123 Å². The summed E-state index contributed by atoms with van der Waals surface area (Å²) in [6.45, 7) is 0. The number of furan rings is 1. The molecule has 0 amide bonds. The third kappa shape index (κ3) is 2.63. The van der Waals surface area contributed by atoms with Crippen molar-refractivity contribution in [3.63, 3.8) is 0 Å². The molecule has 1 aromatic heterocycles. The molecular weight excluding hydrogens is 362 g/mol. The van der Waals surface area contributed by atoms with Crippen LogP contribution in [0.25, 0.3) is 0 Å². The van der Waals surface area contributed by atoms with Crippen molar-refractivity contribution in [2.75, 3.05) is 14.2 Å². The molecule has 1 N–H and O–H groups in total. The van der Waals surface area contributed by atoms with Gasteiger partial charge in [-0.05, 0) is 47.2 Å². The summed E-state index contributed by atoms with van der Waals surface area (Å²) in [7, 11) is 3.58. The molecule has 18 heavy (non-hydrogen) atoms. The molecule has 5 heteroatoms. The fourth-order valence-corrected chi connectivity index (χ4v) is 2.77. The maximum atomic E-state index is 5.41. The predicted molar refractivity (Wildman–Crippen MR) is 78.0 cm³/mol. The second-order valence-corrected chi connectivity index (χ2v) is 5.39. The van der Waals surface area contributed by atoms with E-state index in [-0.39, 0.29) is 6.04 Å². The Morgan fingerprint density at radius 3 is 2.56 bits per heavy atom. The molecule has 0 aliphatic heterocycles. The van der Waals surface area contributed by atoms with Gasteiger partial charge in [-0.25, -0.2) is 0 Å². The molecule has 0 spiro atoms. The number of benzene rings is 1. The van der Waals surface area contributed by atoms with E-state index in [1.165, 1.54) is 0 Å². The van der Waals surface area contributed by atoms with Gasteiger partial charge >= 0.3 is 0 Å². The van der Waals surface area contributed by atoms with Crippen LogP contribution in [0.15, 0.2) is 44.1 Å². The number of methoxy groups -OCH3 is 1. The number of ether oxygens (including phenoxy) is 1. The van der Waals surface area contributed by atoms with Crippen molar-refractivity contribution in [1.82, 2.24) is 5.32 Å². The second kappa shape index (κ2) is 5.91. The van der Waals surface area contributed by atoms with Crippen LogP contribution in [-0.2, 0) is 0 Å². The Balaban J connectivity index is 2.51. The lowest BCUT2D eigenvalue weighted by Gasteiger charge is -2.19. The second-order valence-electron chi connectivity index (χ2n) is 3.76. The minimum atomic E-state index is 0.00516. The molecule has 1 heterocycles. The zero-order valence-corrected chi connectivity index (χ0v) is 13.2. The van der Waals surface area contributed by atoms with Crippen LogP contribution >= 0.6 is 31.9 Å². The van der Waals surface area contributed by atoms with Crippen molar-refractivity contribution in [3.8, 4) is 5.75 Å². The molecule has 0 saturated heterocycles. The fourth-order valence-electron chi connectivity index (χ4n) is 1.92. The molecule has 3 nitrogen and oxygen atoms in total. The number of hydrogen-bond donors (Lipinski definition) is 1. The van der Waals surface area contributed by atoms with Gasteiger partial charge in [0.1, 0.15) is 5.75 Å². The normalized spacial score (nSPS) is 12.4. The Morgan fingerprint density at radius 1 is 1.22 bits per heavy atom. The van der Waals surface area contributed by atoms with Crippen LogP contribution in [0.4, 0.5) is 0 Å². The minimum Gasteiger partial charge on any atom is -0.496 e. The molecule has 96 valence electrons. The highest BCUT2D eigenvalue weighted by atomic mass is 79.9. The highest BCUT2D eigenvalue weighted by molar-refractivity contribution is 9.10. The number of rotatable bonds is 4. The molecule has 2 aromatic rings. The first-order chi connectivity index (χ1) is 8.67. The van der Waals surface area contributed by atoms with E-state index in [4.69, 9.17) is 9.15 Å². The largest absolute Gasteiger partial charge is 0.496 e. The Kier molecular flexibility index (Phi) is 4.48. The van der Waals surface area contributed by atoms with Gasteiger partial charge in [-0.15, -0.1) is 0 Å². The van der Waals surface area contributed by atoms with Gasteiger partial charge in [0.2, 0.25) is 0 Å². The predicted octanol–water partition coefficient (Wildman–Crippen LogP) is 4.12. The molecule has 1 atom stereocenters. The summed E-state index contributed by atoms with van der Waals surface area (Å²) in [5, 5.41) is 3.27. The molecular formula is C13H13Br2NO2. The molecule has 2 rings (SSSR count). The van der Waals surface area contributed by atoms with Crippen LogP contribution < -0.4 is 10.1 Å². The molecule has 0 bridgehead atoms. The van der Waals surface area contributed by atoms with Crippen molar-refractivity contribution in [1.29, 1.82) is 0 Å². The van der Waals surface area contributed by atoms with E-state index in [0.717, 1.165) is 26.0 Å². The van der Waals surface area contributed by atoms with Gasteiger partial charge in [0.15, 0.2) is 4.67 Å². The minimum absolute atomic E-state index is 0.00516. The quantitative estimate of drug-likeness (QED) is 0.873. The van der Waals surface area contributed by atoms with E-state index in [1.807, 2.05) is 31.3 Å². The van der Waals surface area contributed by atoms with E-state index < -0.39 is 0 Å². The smallest absolute Gasteiger partial charge is 0.174 e. The highest BCUT2D eigenvalue weighted by Gasteiger charge is 2.20. The number of hydrogen-bond acceptors (Lipinski definition) is 3. The zero-order valence-electron chi connectivity index (χ0n) is 10.0. The van der Waals surface area contributed by atoms with Gasteiger partial charge in [-0.1, -0.05) is 15.9 Å². The topological polar surface area (TPSA) is 34.4 Å². The monoisotopic (exact) mass is 373 g/mol. The van der Waals surface area contributed by atoms with E-state index >= 15 is 0 Å². The molecule has 0 saturated carbocycles. The summed E-state index contributed by atoms with van der Waals surface area (Å²) in [4.78, 5) is 0. The molecule has 1 unspecified atom stereocenters. The van der Waals surface area contributed by atoms with Crippen LogP contribution in [0.2, 0.25) is 0 Å². The summed E-state index contributed by atoms with van der Waals surface area (Å²) in [5.41, 5.74) is 2.09. The van der Waals surface area contributed by atoms with Crippen LogP contribution in [-0.4, -0.2) is 14.2 Å². The first-order valence-corrected chi connectivity index (χ1v) is 6.99. The van der Waals surface area contributed by atoms with Crippen LogP contribution in [0.5, 0.6) is 5.75 Å². The van der Waals surface area contributed by atoms with Crippen molar-refractivity contribution in [3.05, 3.63) is 50.8 Å². The summed E-state index contributed by atoms with van der Waals surface area (Å²) in [5.74, 6) is 0.839. The lowest BCUT2D eigenvalue weighted by molar-refractivity contribution is 0.405. The lowest BCUT2D eigenvalue weighted by Crippen LogP contribution is -2.18. The fraction of sp³-hybridized carbons (Fsp3) is 0.231. The Hall–Kier alpha value is -0.780. The average Bonchev–Trinajstić information content (AvgIpc) is 2.77. The van der Waals surface area contributed by atoms with Gasteiger partial charge in [0.25, 0.3) is 0 Å². The average molecular weight is 375 g/mol. The summed E-state index contributed by atoms with van der Waals surface area (Å²) < 4.78 is 12.4. The van der Waals surface area contributed by atoms with Crippen LogP contribution in [0.1, 0.15) is 17.2 Å². The van der Waals surface area contributed by atoms with Gasteiger partial charge in [0, 0.05) is 15.6 Å². The maximum absolute atomic E-state index is 5.41. The standard InChI is InChI=1S/C13H13Br2NO2/c1-16-12(9-5-6-18-13(9)15)10-7-8(14)3-4-11(10)17-2/h3-7,12,16H,1-2H3. The third-order valence-electron chi connectivity index (χ3n) is 2.75. The van der Waals surface area contributed by atoms with Gasteiger partial charge in [-0.3, -0.25) is 0 Å².